The lowest BCUT2D eigenvalue weighted by molar-refractivity contribution is 0.0991. The number of carbonyl (C=O) groups excluding carboxylic acids is 1. The normalized spacial score (nSPS) is 9.55. The lowest BCUT2D eigenvalue weighted by Gasteiger charge is -2.02. The van der Waals surface area contributed by atoms with Gasteiger partial charge in [0.25, 0.3) is 5.91 Å². The predicted octanol–water partition coefficient (Wildman–Crippen LogP) is 1.00. The molecule has 0 aliphatic carbocycles. The quantitative estimate of drug-likeness (QED) is 0.605. The van der Waals surface area contributed by atoms with Crippen LogP contribution < -0.4 is 11.5 Å². The van der Waals surface area contributed by atoms with Crippen LogP contribution in [0.5, 0.6) is 0 Å². The minimum atomic E-state index is -0.685. The summed E-state index contributed by atoms with van der Waals surface area (Å²) in [6.07, 6.45) is 0. The van der Waals surface area contributed by atoms with E-state index in [4.69, 9.17) is 11.5 Å². The van der Waals surface area contributed by atoms with Crippen LogP contribution in [0, 0.1) is 6.92 Å². The Bertz CT molecular complexity index is 294. The summed E-state index contributed by atoms with van der Waals surface area (Å²) in [5.41, 5.74) is 14.0. The average molecular weight is 149 g/mol. The lowest BCUT2D eigenvalue weighted by Crippen LogP contribution is -2.03. The van der Waals surface area contributed by atoms with Crippen molar-refractivity contribution >= 4 is 11.6 Å². The van der Waals surface area contributed by atoms with Gasteiger partial charge in [0.1, 0.15) is 0 Å². The molecule has 0 atom stereocenters. The van der Waals surface area contributed by atoms with Crippen LogP contribution in [0.3, 0.4) is 0 Å². The highest BCUT2D eigenvalue weighted by Crippen LogP contribution is 2.14. The predicted molar refractivity (Wildman–Crippen MR) is 43.0 cm³/mol. The fourth-order valence-electron chi connectivity index (χ4n) is 0.899. The Kier molecular flexibility index (Phi) is 1.81. The first-order valence-corrected chi connectivity index (χ1v) is 3.24. The molecule has 3 N–H and O–H groups in total. The van der Waals surface area contributed by atoms with Crippen molar-refractivity contribution in [1.29, 1.82) is 0 Å². The van der Waals surface area contributed by atoms with Gasteiger partial charge < -0.3 is 5.73 Å². The van der Waals surface area contributed by atoms with E-state index in [1.807, 2.05) is 0 Å². The van der Waals surface area contributed by atoms with Crippen LogP contribution in [-0.4, -0.2) is 5.91 Å². The van der Waals surface area contributed by atoms with Gasteiger partial charge in [0.05, 0.1) is 0 Å². The standard InChI is InChI=1S/C8H9N2O/c1-5-6(8(10)11)3-2-4-7(5)9/h2-4,10H,9H2,1H3. The number of anilines is 1. The van der Waals surface area contributed by atoms with Gasteiger partial charge in [-0.3, -0.25) is 10.5 Å². The SMILES string of the molecule is Cc1c(N)cccc1C([NH])=O. The largest absolute Gasteiger partial charge is 0.398 e. The first-order valence-electron chi connectivity index (χ1n) is 3.24. The summed E-state index contributed by atoms with van der Waals surface area (Å²) in [6, 6.07) is 4.98. The van der Waals surface area contributed by atoms with Gasteiger partial charge in [-0.1, -0.05) is 6.07 Å². The van der Waals surface area contributed by atoms with Crippen molar-refractivity contribution in [1.82, 2.24) is 5.73 Å². The molecule has 0 heterocycles. The molecule has 0 unspecified atom stereocenters. The smallest absolute Gasteiger partial charge is 0.270 e. The molecule has 0 fully saturated rings. The fraction of sp³-hybridized carbons (Fsp3) is 0.125. The number of amides is 1. The highest BCUT2D eigenvalue weighted by Gasteiger charge is 2.05. The summed E-state index contributed by atoms with van der Waals surface area (Å²) in [5.74, 6) is -0.685. The van der Waals surface area contributed by atoms with Crippen molar-refractivity contribution in [3.63, 3.8) is 0 Å². The zero-order chi connectivity index (χ0) is 8.43. The first-order chi connectivity index (χ1) is 5.13. The van der Waals surface area contributed by atoms with Gasteiger partial charge in [0.2, 0.25) is 0 Å². The van der Waals surface area contributed by atoms with Crippen molar-refractivity contribution in [2.75, 3.05) is 5.73 Å². The molecule has 1 rings (SSSR count). The highest BCUT2D eigenvalue weighted by atomic mass is 16.1. The number of rotatable bonds is 1. The third-order valence-electron chi connectivity index (χ3n) is 1.62. The summed E-state index contributed by atoms with van der Waals surface area (Å²) in [6.45, 7) is 1.73. The molecule has 57 valence electrons. The number of benzene rings is 1. The van der Waals surface area contributed by atoms with Crippen molar-refractivity contribution < 1.29 is 4.79 Å². The Morgan fingerprint density at radius 1 is 1.55 bits per heavy atom. The van der Waals surface area contributed by atoms with E-state index in [0.717, 1.165) is 0 Å². The third kappa shape index (κ3) is 1.32. The van der Waals surface area contributed by atoms with Crippen molar-refractivity contribution in [2.24, 2.45) is 0 Å². The number of hydrogen-bond donors (Lipinski definition) is 1. The molecular weight excluding hydrogens is 140 g/mol. The molecule has 0 saturated carbocycles. The lowest BCUT2D eigenvalue weighted by atomic mass is 10.1. The zero-order valence-electron chi connectivity index (χ0n) is 6.22. The summed E-state index contributed by atoms with van der Waals surface area (Å²) < 4.78 is 0. The minimum Gasteiger partial charge on any atom is -0.398 e. The molecule has 0 saturated heterocycles. The van der Waals surface area contributed by atoms with E-state index < -0.39 is 5.91 Å². The van der Waals surface area contributed by atoms with E-state index in [0.29, 0.717) is 16.8 Å². The summed E-state index contributed by atoms with van der Waals surface area (Å²) in [4.78, 5) is 10.6. The van der Waals surface area contributed by atoms with Crippen LogP contribution >= 0.6 is 0 Å². The molecule has 3 heteroatoms. The monoisotopic (exact) mass is 149 g/mol. The Morgan fingerprint density at radius 3 is 2.64 bits per heavy atom. The molecule has 1 aromatic carbocycles. The van der Waals surface area contributed by atoms with Gasteiger partial charge in [-0.2, -0.15) is 0 Å². The van der Waals surface area contributed by atoms with Crippen LogP contribution in [0.15, 0.2) is 18.2 Å². The van der Waals surface area contributed by atoms with Gasteiger partial charge in [-0.25, -0.2) is 0 Å². The number of carbonyl (C=O) groups is 1. The minimum absolute atomic E-state index is 0.380. The Labute approximate surface area is 65.0 Å². The number of nitrogens with one attached hydrogen (secondary N) is 1. The summed E-state index contributed by atoms with van der Waals surface area (Å²) in [7, 11) is 0. The average Bonchev–Trinajstić information content (AvgIpc) is 1.94. The van der Waals surface area contributed by atoms with E-state index in [-0.39, 0.29) is 0 Å². The second kappa shape index (κ2) is 2.62. The van der Waals surface area contributed by atoms with E-state index in [2.05, 4.69) is 0 Å². The van der Waals surface area contributed by atoms with Gasteiger partial charge >= 0.3 is 0 Å². The molecule has 1 aromatic rings. The molecule has 0 aliphatic heterocycles. The highest BCUT2D eigenvalue weighted by molar-refractivity contribution is 5.94. The van der Waals surface area contributed by atoms with Crippen LogP contribution in [0.4, 0.5) is 5.69 Å². The van der Waals surface area contributed by atoms with E-state index in [1.54, 1.807) is 25.1 Å². The van der Waals surface area contributed by atoms with Gasteiger partial charge in [0.15, 0.2) is 0 Å². The molecule has 11 heavy (non-hydrogen) atoms. The fourth-order valence-corrected chi connectivity index (χ4v) is 0.899. The maximum atomic E-state index is 10.6. The van der Waals surface area contributed by atoms with Gasteiger partial charge in [0, 0.05) is 11.3 Å². The Morgan fingerprint density at radius 2 is 2.18 bits per heavy atom. The van der Waals surface area contributed by atoms with Crippen molar-refractivity contribution in [3.05, 3.63) is 29.3 Å². The molecule has 0 spiro atoms. The molecule has 0 bridgehead atoms. The van der Waals surface area contributed by atoms with Crippen LogP contribution in [-0.2, 0) is 0 Å². The Hall–Kier alpha value is -1.51. The van der Waals surface area contributed by atoms with E-state index in [1.165, 1.54) is 0 Å². The van der Waals surface area contributed by atoms with Crippen LogP contribution in [0.2, 0.25) is 0 Å². The second-order valence-corrected chi connectivity index (χ2v) is 2.35. The number of nitrogen functional groups attached to an aromatic ring is 1. The number of nitrogens with two attached hydrogens (primary N) is 1. The third-order valence-corrected chi connectivity index (χ3v) is 1.62. The maximum Gasteiger partial charge on any atom is 0.270 e. The molecule has 1 amide bonds. The zero-order valence-corrected chi connectivity index (χ0v) is 6.22. The first kappa shape index (κ1) is 7.60. The molecule has 3 nitrogen and oxygen atoms in total. The molecule has 0 aromatic heterocycles. The summed E-state index contributed by atoms with van der Waals surface area (Å²) in [5, 5.41) is 0. The molecular formula is C8H9N2O. The molecule has 0 aliphatic rings. The maximum absolute atomic E-state index is 10.6. The van der Waals surface area contributed by atoms with Gasteiger partial charge in [-0.15, -0.1) is 0 Å². The van der Waals surface area contributed by atoms with E-state index >= 15 is 0 Å². The van der Waals surface area contributed by atoms with Crippen LogP contribution in [0.25, 0.3) is 0 Å². The van der Waals surface area contributed by atoms with Crippen molar-refractivity contribution in [2.45, 2.75) is 6.92 Å². The summed E-state index contributed by atoms with van der Waals surface area (Å²) >= 11 is 0. The topological polar surface area (TPSA) is 66.9 Å². The Balaban J connectivity index is 3.27. The van der Waals surface area contributed by atoms with Crippen molar-refractivity contribution in [3.8, 4) is 0 Å². The number of hydrogen-bond acceptors (Lipinski definition) is 2. The van der Waals surface area contributed by atoms with Crippen LogP contribution in [0.1, 0.15) is 15.9 Å². The second-order valence-electron chi connectivity index (χ2n) is 2.35. The van der Waals surface area contributed by atoms with E-state index in [9.17, 15) is 4.79 Å². The molecule has 1 radical (unpaired) electrons. The van der Waals surface area contributed by atoms with Gasteiger partial charge in [-0.05, 0) is 24.6 Å².